The lowest BCUT2D eigenvalue weighted by atomic mass is 10.1. The van der Waals surface area contributed by atoms with Crippen molar-refractivity contribution in [2.45, 2.75) is 238 Å². The molecule has 0 amide bonds. The predicted octanol–water partition coefficient (Wildman–Crippen LogP) is 14.3. The SMILES string of the molecule is CCCCCCCCCCCC[Si](CCCCCCCCCCCC)(CCCCCCCCCCCC)COC(=O)/C(C)=C\C(=O)O. The molecule has 1 N–H and O–H groups in total. The summed E-state index contributed by atoms with van der Waals surface area (Å²) in [6.45, 7) is 8.42. The number of carbonyl (C=O) groups is 2. The summed E-state index contributed by atoms with van der Waals surface area (Å²) in [6.07, 6.45) is 42.0. The smallest absolute Gasteiger partial charge is 0.333 e. The van der Waals surface area contributed by atoms with Crippen molar-refractivity contribution >= 4 is 20.0 Å². The highest BCUT2D eigenvalue weighted by atomic mass is 28.3. The van der Waals surface area contributed by atoms with Crippen LogP contribution in [0.5, 0.6) is 0 Å². The lowest BCUT2D eigenvalue weighted by Gasteiger charge is -2.32. The maximum absolute atomic E-state index is 12.8. The largest absolute Gasteiger partial charge is 0.478 e. The van der Waals surface area contributed by atoms with Gasteiger partial charge in [0.15, 0.2) is 0 Å². The molecule has 0 aromatic heterocycles. The number of carboxylic acids is 1. The van der Waals surface area contributed by atoms with Crippen LogP contribution in [0.4, 0.5) is 0 Å². The van der Waals surface area contributed by atoms with Crippen molar-refractivity contribution in [3.05, 3.63) is 11.6 Å². The molecule has 0 heterocycles. The molecule has 0 bridgehead atoms. The number of carboxylic acid groups (broad SMARTS) is 1. The standard InChI is InChI=1S/C42H82O4Si/c1-5-8-11-14-17-20-23-26-29-32-35-47(39-46-42(45)40(4)38-41(43)44,36-33-30-27-24-21-18-15-12-9-6-2)37-34-31-28-25-22-19-16-13-10-7-3/h38H,5-37,39H2,1-4H3,(H,43,44)/b40-38-. The van der Waals surface area contributed by atoms with Gasteiger partial charge in [-0.3, -0.25) is 0 Å². The Balaban J connectivity index is 5.10. The normalized spacial score (nSPS) is 12.1. The molecule has 0 rings (SSSR count). The molecule has 0 atom stereocenters. The number of ether oxygens (including phenoxy) is 1. The Kier molecular flexibility index (Phi) is 33.9. The molecule has 0 saturated carbocycles. The summed E-state index contributed by atoms with van der Waals surface area (Å²) in [5.74, 6) is -1.51. The van der Waals surface area contributed by atoms with Gasteiger partial charge in [0.25, 0.3) is 0 Å². The van der Waals surface area contributed by atoms with Crippen molar-refractivity contribution in [1.29, 1.82) is 0 Å². The molecule has 0 unspecified atom stereocenters. The molecular weight excluding hydrogens is 597 g/mol. The Morgan fingerprint density at radius 2 is 0.723 bits per heavy atom. The predicted molar refractivity (Wildman–Crippen MR) is 208 cm³/mol. The van der Waals surface area contributed by atoms with Gasteiger partial charge in [-0.15, -0.1) is 0 Å². The fourth-order valence-electron chi connectivity index (χ4n) is 7.13. The van der Waals surface area contributed by atoms with Crippen molar-refractivity contribution in [2.24, 2.45) is 0 Å². The van der Waals surface area contributed by atoms with Crippen LogP contribution in [-0.4, -0.2) is 31.3 Å². The van der Waals surface area contributed by atoms with E-state index < -0.39 is 20.0 Å². The Bertz CT molecular complexity index is 674. The van der Waals surface area contributed by atoms with Crippen LogP contribution in [0, 0.1) is 0 Å². The van der Waals surface area contributed by atoms with E-state index in [0.717, 1.165) is 6.08 Å². The van der Waals surface area contributed by atoms with Crippen LogP contribution >= 0.6 is 0 Å². The molecule has 278 valence electrons. The molecule has 0 radical (unpaired) electrons. The molecule has 0 spiro atoms. The minimum absolute atomic E-state index is 0.206. The number of hydrogen-bond donors (Lipinski definition) is 1. The van der Waals surface area contributed by atoms with E-state index in [0.29, 0.717) is 6.23 Å². The van der Waals surface area contributed by atoms with Gasteiger partial charge in [0.1, 0.15) is 0 Å². The second-order valence-corrected chi connectivity index (χ2v) is 19.8. The highest BCUT2D eigenvalue weighted by Crippen LogP contribution is 2.31. The Labute approximate surface area is 295 Å². The van der Waals surface area contributed by atoms with Gasteiger partial charge in [0.2, 0.25) is 0 Å². The number of esters is 1. The molecule has 0 fully saturated rings. The zero-order valence-corrected chi connectivity index (χ0v) is 33.3. The van der Waals surface area contributed by atoms with Crippen molar-refractivity contribution in [1.82, 2.24) is 0 Å². The summed E-state index contributed by atoms with van der Waals surface area (Å²) < 4.78 is 5.99. The zero-order chi connectivity index (χ0) is 34.7. The summed E-state index contributed by atoms with van der Waals surface area (Å²) in [7, 11) is -1.83. The van der Waals surface area contributed by atoms with Gasteiger partial charge >= 0.3 is 11.9 Å². The average molecular weight is 679 g/mol. The summed E-state index contributed by atoms with van der Waals surface area (Å²) >= 11 is 0. The summed E-state index contributed by atoms with van der Waals surface area (Å²) in [4.78, 5) is 24.0. The van der Waals surface area contributed by atoms with Crippen molar-refractivity contribution < 1.29 is 19.4 Å². The van der Waals surface area contributed by atoms with Gasteiger partial charge < -0.3 is 9.84 Å². The third kappa shape index (κ3) is 30.7. The van der Waals surface area contributed by atoms with Crippen LogP contribution in [0.3, 0.4) is 0 Å². The number of rotatable bonds is 37. The van der Waals surface area contributed by atoms with E-state index in [1.165, 1.54) is 211 Å². The molecule has 4 nitrogen and oxygen atoms in total. The van der Waals surface area contributed by atoms with Gasteiger partial charge in [-0.05, 0) is 6.92 Å². The van der Waals surface area contributed by atoms with Crippen LogP contribution in [-0.2, 0) is 14.3 Å². The molecule has 0 aliphatic carbocycles. The number of carbonyl (C=O) groups excluding carboxylic acids is 1. The van der Waals surface area contributed by atoms with Crippen molar-refractivity contribution in [3.8, 4) is 0 Å². The van der Waals surface area contributed by atoms with Gasteiger partial charge in [-0.1, -0.05) is 232 Å². The van der Waals surface area contributed by atoms with E-state index in [-0.39, 0.29) is 5.57 Å². The Hall–Kier alpha value is -1.10. The van der Waals surface area contributed by atoms with Gasteiger partial charge in [-0.25, -0.2) is 9.59 Å². The van der Waals surface area contributed by atoms with Crippen LogP contribution in [0.25, 0.3) is 0 Å². The first-order valence-corrected chi connectivity index (χ1v) is 23.8. The molecule has 0 aliphatic heterocycles. The summed E-state index contributed by atoms with van der Waals surface area (Å²) in [5, 5.41) is 9.16. The summed E-state index contributed by atoms with van der Waals surface area (Å²) in [6, 6.07) is 3.77. The Morgan fingerprint density at radius 3 is 0.979 bits per heavy atom. The molecule has 5 heteroatoms. The van der Waals surface area contributed by atoms with Gasteiger partial charge in [0, 0.05) is 11.6 Å². The molecule has 47 heavy (non-hydrogen) atoms. The topological polar surface area (TPSA) is 63.6 Å². The van der Waals surface area contributed by atoms with Gasteiger partial charge in [-0.2, -0.15) is 0 Å². The summed E-state index contributed by atoms with van der Waals surface area (Å²) in [5.41, 5.74) is 0.206. The average Bonchev–Trinajstić information content (AvgIpc) is 3.05. The van der Waals surface area contributed by atoms with Crippen LogP contribution in [0.15, 0.2) is 11.6 Å². The fourth-order valence-corrected chi connectivity index (χ4v) is 11.8. The van der Waals surface area contributed by atoms with Crippen LogP contribution in [0.1, 0.15) is 220 Å². The van der Waals surface area contributed by atoms with E-state index in [1.807, 2.05) is 0 Å². The molecule has 0 aromatic carbocycles. The van der Waals surface area contributed by atoms with Crippen molar-refractivity contribution in [2.75, 3.05) is 6.23 Å². The molecule has 0 saturated heterocycles. The number of unbranched alkanes of at least 4 members (excludes halogenated alkanes) is 27. The third-order valence-corrected chi connectivity index (χ3v) is 15.4. The van der Waals surface area contributed by atoms with E-state index in [2.05, 4.69) is 20.8 Å². The lowest BCUT2D eigenvalue weighted by Crippen LogP contribution is -2.41. The second-order valence-electron chi connectivity index (χ2n) is 15.0. The minimum Gasteiger partial charge on any atom is -0.478 e. The van der Waals surface area contributed by atoms with Crippen LogP contribution in [0.2, 0.25) is 18.1 Å². The first-order valence-electron chi connectivity index (χ1n) is 21.0. The zero-order valence-electron chi connectivity index (χ0n) is 32.3. The molecule has 0 aromatic rings. The van der Waals surface area contributed by atoms with Gasteiger partial charge in [0.05, 0.1) is 14.3 Å². The lowest BCUT2D eigenvalue weighted by molar-refractivity contribution is -0.138. The van der Waals surface area contributed by atoms with Crippen LogP contribution < -0.4 is 0 Å². The highest BCUT2D eigenvalue weighted by molar-refractivity contribution is 6.80. The first kappa shape index (κ1) is 45.9. The van der Waals surface area contributed by atoms with E-state index >= 15 is 0 Å². The van der Waals surface area contributed by atoms with E-state index in [9.17, 15) is 9.59 Å². The number of hydrogen-bond acceptors (Lipinski definition) is 3. The quantitative estimate of drug-likeness (QED) is 0.0307. The number of aliphatic carboxylic acids is 1. The second kappa shape index (κ2) is 34.7. The highest BCUT2D eigenvalue weighted by Gasteiger charge is 2.33. The first-order chi connectivity index (χ1) is 22.9. The van der Waals surface area contributed by atoms with Crippen molar-refractivity contribution in [3.63, 3.8) is 0 Å². The molecule has 0 aliphatic rings. The minimum atomic E-state index is -1.83. The molecular formula is C42H82O4Si. The monoisotopic (exact) mass is 679 g/mol. The maximum atomic E-state index is 12.8. The van der Waals surface area contributed by atoms with E-state index in [4.69, 9.17) is 9.84 Å². The Morgan fingerprint density at radius 1 is 0.468 bits per heavy atom. The fraction of sp³-hybridized carbons (Fsp3) is 0.905. The third-order valence-electron chi connectivity index (χ3n) is 10.4. The van der Waals surface area contributed by atoms with E-state index in [1.54, 1.807) is 6.92 Å². The maximum Gasteiger partial charge on any atom is 0.333 e.